The Hall–Kier alpha value is -1.63. The minimum atomic E-state index is -0.241. The highest BCUT2D eigenvalue weighted by molar-refractivity contribution is 8.00. The lowest BCUT2D eigenvalue weighted by molar-refractivity contribution is -0.120. The Morgan fingerprint density at radius 2 is 1.96 bits per heavy atom. The highest BCUT2D eigenvalue weighted by atomic mass is 32.2. The molecule has 0 bridgehead atoms. The Kier molecular flexibility index (Phi) is 5.62. The lowest BCUT2D eigenvalue weighted by Gasteiger charge is -2.15. The van der Waals surface area contributed by atoms with Crippen LogP contribution in [0.4, 0.5) is 0 Å². The quantitative estimate of drug-likeness (QED) is 0.822. The number of amides is 1. The molecule has 7 heteroatoms. The predicted octanol–water partition coefficient (Wildman–Crippen LogP) is 2.83. The first kappa shape index (κ1) is 17.7. The van der Waals surface area contributed by atoms with Crippen molar-refractivity contribution < 1.29 is 4.79 Å². The van der Waals surface area contributed by atoms with Crippen molar-refractivity contribution >= 4 is 23.4 Å². The van der Waals surface area contributed by atoms with Gasteiger partial charge >= 0.3 is 0 Å². The minimum absolute atomic E-state index is 0.0202. The summed E-state index contributed by atoms with van der Waals surface area (Å²) in [7, 11) is 0. The van der Waals surface area contributed by atoms with Gasteiger partial charge in [0.2, 0.25) is 11.1 Å². The average molecular weight is 335 g/mol. The first-order valence-corrected chi connectivity index (χ1v) is 8.89. The van der Waals surface area contributed by atoms with E-state index in [1.807, 2.05) is 34.6 Å². The van der Waals surface area contributed by atoms with E-state index in [9.17, 15) is 4.79 Å². The molecule has 0 saturated carbocycles. The molecular weight excluding hydrogens is 310 g/mol. The summed E-state index contributed by atoms with van der Waals surface area (Å²) >= 11 is 1.36. The zero-order valence-electron chi connectivity index (χ0n) is 14.7. The van der Waals surface area contributed by atoms with Gasteiger partial charge in [-0.3, -0.25) is 4.79 Å². The van der Waals surface area contributed by atoms with Gasteiger partial charge in [0.05, 0.1) is 5.25 Å². The van der Waals surface area contributed by atoms with Crippen LogP contribution < -0.4 is 5.32 Å². The van der Waals surface area contributed by atoms with E-state index in [1.165, 1.54) is 11.8 Å². The van der Waals surface area contributed by atoms with Gasteiger partial charge in [-0.2, -0.15) is 4.98 Å². The molecule has 6 nitrogen and oxygen atoms in total. The number of nitrogens with one attached hydrogen (secondary N) is 1. The predicted molar refractivity (Wildman–Crippen MR) is 92.8 cm³/mol. The summed E-state index contributed by atoms with van der Waals surface area (Å²) in [6.45, 7) is 12.0. The third kappa shape index (κ3) is 4.02. The maximum atomic E-state index is 12.2. The van der Waals surface area contributed by atoms with Gasteiger partial charge in [-0.05, 0) is 46.6 Å². The summed E-state index contributed by atoms with van der Waals surface area (Å²) < 4.78 is 1.75. The minimum Gasteiger partial charge on any atom is -0.353 e. The molecule has 0 aliphatic rings. The maximum absolute atomic E-state index is 12.2. The van der Waals surface area contributed by atoms with Gasteiger partial charge in [0.15, 0.2) is 0 Å². The molecule has 2 atom stereocenters. The van der Waals surface area contributed by atoms with Crippen molar-refractivity contribution in [2.75, 3.05) is 0 Å². The molecular formula is C16H25N5OS. The van der Waals surface area contributed by atoms with Gasteiger partial charge in [-0.1, -0.05) is 25.1 Å². The van der Waals surface area contributed by atoms with E-state index in [-0.39, 0.29) is 17.2 Å². The maximum Gasteiger partial charge on any atom is 0.253 e. The van der Waals surface area contributed by atoms with Crippen LogP contribution in [0.15, 0.2) is 5.16 Å². The molecule has 1 amide bonds. The molecule has 0 aromatic carbocycles. The van der Waals surface area contributed by atoms with E-state index in [0.29, 0.717) is 10.9 Å². The van der Waals surface area contributed by atoms with Gasteiger partial charge in [-0.25, -0.2) is 9.50 Å². The molecule has 126 valence electrons. The second-order valence-corrected chi connectivity index (χ2v) is 7.28. The van der Waals surface area contributed by atoms with Crippen molar-refractivity contribution in [1.29, 1.82) is 0 Å². The second-order valence-electron chi connectivity index (χ2n) is 5.97. The molecule has 2 unspecified atom stereocenters. The summed E-state index contributed by atoms with van der Waals surface area (Å²) in [6, 6.07) is 0.193. The number of nitrogens with zero attached hydrogens (tertiary/aromatic N) is 4. The Morgan fingerprint density at radius 1 is 1.26 bits per heavy atom. The van der Waals surface area contributed by atoms with Crippen molar-refractivity contribution in [2.24, 2.45) is 0 Å². The van der Waals surface area contributed by atoms with Gasteiger partial charge in [0.25, 0.3) is 5.78 Å². The van der Waals surface area contributed by atoms with Gasteiger partial charge < -0.3 is 5.32 Å². The molecule has 0 aliphatic carbocycles. The fourth-order valence-electron chi connectivity index (χ4n) is 2.36. The van der Waals surface area contributed by atoms with Crippen LogP contribution in [0.25, 0.3) is 5.78 Å². The van der Waals surface area contributed by atoms with E-state index >= 15 is 0 Å². The summed E-state index contributed by atoms with van der Waals surface area (Å²) in [4.78, 5) is 21.1. The van der Waals surface area contributed by atoms with Gasteiger partial charge in [-0.15, -0.1) is 5.10 Å². The Labute approximate surface area is 141 Å². The Balaban J connectivity index is 2.12. The van der Waals surface area contributed by atoms with E-state index in [2.05, 4.69) is 27.3 Å². The summed E-state index contributed by atoms with van der Waals surface area (Å²) in [5.74, 6) is 0.604. The average Bonchev–Trinajstić information content (AvgIpc) is 2.87. The van der Waals surface area contributed by atoms with Crippen molar-refractivity contribution in [1.82, 2.24) is 24.9 Å². The van der Waals surface area contributed by atoms with E-state index in [1.54, 1.807) is 4.52 Å². The van der Waals surface area contributed by atoms with Crippen molar-refractivity contribution in [2.45, 2.75) is 70.8 Å². The number of fused-ring (bicyclic) bond motifs is 1. The first-order valence-electron chi connectivity index (χ1n) is 8.01. The lowest BCUT2D eigenvalue weighted by Crippen LogP contribution is -2.37. The lowest BCUT2D eigenvalue weighted by atomic mass is 10.2. The largest absolute Gasteiger partial charge is 0.353 e. The van der Waals surface area contributed by atoms with Crippen LogP contribution in [-0.2, 0) is 4.79 Å². The van der Waals surface area contributed by atoms with Gasteiger partial charge in [0, 0.05) is 17.4 Å². The molecule has 23 heavy (non-hydrogen) atoms. The second kappa shape index (κ2) is 7.29. The van der Waals surface area contributed by atoms with Crippen LogP contribution in [0.5, 0.6) is 0 Å². The fourth-order valence-corrected chi connectivity index (χ4v) is 3.12. The Bertz CT molecular complexity index is 712. The molecule has 0 aliphatic heterocycles. The van der Waals surface area contributed by atoms with Crippen LogP contribution >= 0.6 is 11.8 Å². The van der Waals surface area contributed by atoms with Crippen molar-refractivity contribution in [3.63, 3.8) is 0 Å². The third-order valence-electron chi connectivity index (χ3n) is 4.00. The topological polar surface area (TPSA) is 72.2 Å². The summed E-state index contributed by atoms with van der Waals surface area (Å²) in [5, 5.41) is 7.84. The molecule has 0 spiro atoms. The van der Waals surface area contributed by atoms with Crippen molar-refractivity contribution in [3.05, 3.63) is 17.0 Å². The highest BCUT2D eigenvalue weighted by Crippen LogP contribution is 2.22. The van der Waals surface area contributed by atoms with Crippen LogP contribution in [0, 0.1) is 20.8 Å². The van der Waals surface area contributed by atoms with E-state index in [0.717, 1.165) is 29.8 Å². The van der Waals surface area contributed by atoms with Crippen LogP contribution in [0.3, 0.4) is 0 Å². The number of thioether (sulfide) groups is 1. The molecule has 0 saturated heterocycles. The zero-order valence-corrected chi connectivity index (χ0v) is 15.5. The number of hydrogen-bond acceptors (Lipinski definition) is 5. The Morgan fingerprint density at radius 3 is 2.61 bits per heavy atom. The molecule has 2 aromatic heterocycles. The molecule has 1 N–H and O–H groups in total. The normalized spacial score (nSPS) is 14.0. The third-order valence-corrected chi connectivity index (χ3v) is 4.95. The zero-order chi connectivity index (χ0) is 17.1. The number of aromatic nitrogens is 4. The van der Waals surface area contributed by atoms with Crippen molar-refractivity contribution in [3.8, 4) is 0 Å². The summed E-state index contributed by atoms with van der Waals surface area (Å²) in [6.07, 6.45) is 2.04. The highest BCUT2D eigenvalue weighted by Gasteiger charge is 2.19. The number of carbonyl (C=O) groups excluding carboxylic acids is 1. The molecule has 2 rings (SSSR count). The standard InChI is InChI=1S/C16H25N5OS/c1-7-8-9(2)17-14(22)13(6)23-16-19-15-18-11(4)10(3)12(5)21(15)20-16/h9,13H,7-8H2,1-6H3,(H,17,22). The molecule has 0 radical (unpaired) electrons. The van der Waals surface area contributed by atoms with Gasteiger partial charge in [0.1, 0.15) is 0 Å². The number of rotatable bonds is 6. The van der Waals surface area contributed by atoms with E-state index in [4.69, 9.17) is 0 Å². The van der Waals surface area contributed by atoms with E-state index < -0.39 is 0 Å². The molecule has 0 fully saturated rings. The van der Waals surface area contributed by atoms with Crippen LogP contribution in [-0.4, -0.2) is 36.8 Å². The van der Waals surface area contributed by atoms with Crippen LogP contribution in [0.2, 0.25) is 0 Å². The fraction of sp³-hybridized carbons (Fsp3) is 0.625. The first-order chi connectivity index (χ1) is 10.8. The molecule has 2 aromatic rings. The number of carbonyl (C=O) groups is 1. The van der Waals surface area contributed by atoms with Crippen LogP contribution in [0.1, 0.15) is 50.6 Å². The monoisotopic (exact) mass is 335 g/mol. The molecule has 2 heterocycles. The number of hydrogen-bond donors (Lipinski definition) is 1. The number of aryl methyl sites for hydroxylation is 2. The smallest absolute Gasteiger partial charge is 0.253 e. The summed E-state index contributed by atoms with van der Waals surface area (Å²) in [5.41, 5.74) is 3.09. The SMILES string of the molecule is CCCC(C)NC(=O)C(C)Sc1nc2nc(C)c(C)c(C)n2n1.